The highest BCUT2D eigenvalue weighted by molar-refractivity contribution is 5.90. The van der Waals surface area contributed by atoms with Crippen LogP contribution in [-0.4, -0.2) is 30.3 Å². The molecule has 172 valence electrons. The summed E-state index contributed by atoms with van der Waals surface area (Å²) in [4.78, 5) is 9.62. The quantitative estimate of drug-likeness (QED) is 0.410. The lowest BCUT2D eigenvalue weighted by molar-refractivity contribution is -0.0738. The van der Waals surface area contributed by atoms with Crippen molar-refractivity contribution in [3.05, 3.63) is 83.7 Å². The van der Waals surface area contributed by atoms with Crippen LogP contribution in [0.1, 0.15) is 36.6 Å². The van der Waals surface area contributed by atoms with Crippen LogP contribution >= 0.6 is 0 Å². The maximum absolute atomic E-state index is 10.2. The minimum absolute atomic E-state index is 0.515. The number of aliphatic hydroxyl groups is 1. The van der Waals surface area contributed by atoms with Gasteiger partial charge in [0, 0.05) is 34.3 Å². The molecule has 6 rings (SSSR count). The predicted molar refractivity (Wildman–Crippen MR) is 134 cm³/mol. The summed E-state index contributed by atoms with van der Waals surface area (Å²) in [6.45, 7) is 3.76. The Morgan fingerprint density at radius 2 is 1.71 bits per heavy atom. The van der Waals surface area contributed by atoms with Crippen LogP contribution in [0.5, 0.6) is 0 Å². The fourth-order valence-corrected chi connectivity index (χ4v) is 5.29. The highest BCUT2D eigenvalue weighted by Gasteiger charge is 2.49. The maximum Gasteiger partial charge on any atom is 0.165 e. The van der Waals surface area contributed by atoms with Gasteiger partial charge in [-0.1, -0.05) is 36.4 Å². The van der Waals surface area contributed by atoms with Gasteiger partial charge in [-0.25, -0.2) is 9.97 Å². The molecule has 0 atom stereocenters. The van der Waals surface area contributed by atoms with Crippen molar-refractivity contribution in [2.75, 3.05) is 0 Å². The third kappa shape index (κ3) is 3.55. The van der Waals surface area contributed by atoms with Gasteiger partial charge in [0.2, 0.25) is 0 Å². The molecule has 0 radical (unpaired) electrons. The Hall–Kier alpha value is -4.12. The Bertz CT molecular complexity index is 1630. The number of nitrogens with two attached hydrogens (primary N) is 1. The molecule has 0 amide bonds. The zero-order chi connectivity index (χ0) is 24.4. The molecule has 1 saturated carbocycles. The third-order valence-electron chi connectivity index (χ3n) is 6.83. The van der Waals surface area contributed by atoms with E-state index in [0.29, 0.717) is 18.4 Å². The van der Waals surface area contributed by atoms with Crippen molar-refractivity contribution in [3.63, 3.8) is 0 Å². The zero-order valence-electron chi connectivity index (χ0n) is 19.5. The second-order valence-electron chi connectivity index (χ2n) is 9.88. The summed E-state index contributed by atoms with van der Waals surface area (Å²) in [5.74, 6) is 0. The van der Waals surface area contributed by atoms with Crippen LogP contribution < -0.4 is 5.73 Å². The standard InChI is InChI=1S/C28H24N6O/c1-17-11-24-31-14-21-12-23(19-5-3-18(13-29)4-6-19)25(32-26(21)34(24)33-17)20-7-9-22(10-8-20)28(30)15-27(2,35)16-28/h3-12,14,35H,15-16,30H2,1-2H3/t27-,28-. The number of nitriles is 1. The van der Waals surface area contributed by atoms with E-state index in [2.05, 4.69) is 22.2 Å². The zero-order valence-corrected chi connectivity index (χ0v) is 19.5. The first-order chi connectivity index (χ1) is 16.7. The largest absolute Gasteiger partial charge is 0.390 e. The molecule has 0 aliphatic heterocycles. The van der Waals surface area contributed by atoms with Crippen LogP contribution in [0.25, 0.3) is 39.1 Å². The molecule has 1 aliphatic carbocycles. The highest BCUT2D eigenvalue weighted by Crippen LogP contribution is 2.46. The molecule has 7 heteroatoms. The lowest BCUT2D eigenvalue weighted by atomic mass is 9.63. The van der Waals surface area contributed by atoms with Crippen LogP contribution in [0.15, 0.2) is 66.9 Å². The van der Waals surface area contributed by atoms with Gasteiger partial charge in [0.1, 0.15) is 0 Å². The number of benzene rings is 2. The number of aryl methyl sites for hydroxylation is 1. The first-order valence-corrected chi connectivity index (χ1v) is 11.5. The molecule has 0 unspecified atom stereocenters. The van der Waals surface area contributed by atoms with Gasteiger partial charge in [-0.05, 0) is 56.0 Å². The average Bonchev–Trinajstić information content (AvgIpc) is 3.23. The Labute approximate surface area is 202 Å². The first-order valence-electron chi connectivity index (χ1n) is 11.5. The van der Waals surface area contributed by atoms with Gasteiger partial charge in [-0.3, -0.25) is 0 Å². The molecule has 3 heterocycles. The highest BCUT2D eigenvalue weighted by atomic mass is 16.3. The molecule has 1 fully saturated rings. The smallest absolute Gasteiger partial charge is 0.165 e. The summed E-state index contributed by atoms with van der Waals surface area (Å²) in [5, 5.41) is 24.9. The number of hydrogen-bond donors (Lipinski definition) is 2. The summed E-state index contributed by atoms with van der Waals surface area (Å²) in [5.41, 5.74) is 12.9. The average molecular weight is 461 g/mol. The number of hydrogen-bond acceptors (Lipinski definition) is 6. The van der Waals surface area contributed by atoms with E-state index in [1.165, 1.54) is 0 Å². The number of fused-ring (bicyclic) bond motifs is 3. The second kappa shape index (κ2) is 7.44. The molecule has 3 N–H and O–H groups in total. The molecule has 0 spiro atoms. The molecular weight excluding hydrogens is 436 g/mol. The van der Waals surface area contributed by atoms with E-state index in [0.717, 1.165) is 50.3 Å². The molecule has 3 aromatic heterocycles. The Kier molecular flexibility index (Phi) is 4.55. The van der Waals surface area contributed by atoms with Gasteiger partial charge in [0.15, 0.2) is 11.3 Å². The first kappa shape index (κ1) is 21.4. The van der Waals surface area contributed by atoms with Crippen molar-refractivity contribution >= 4 is 16.7 Å². The molecule has 35 heavy (non-hydrogen) atoms. The van der Waals surface area contributed by atoms with Crippen molar-refractivity contribution in [2.24, 2.45) is 5.73 Å². The maximum atomic E-state index is 10.2. The Balaban J connectivity index is 1.53. The van der Waals surface area contributed by atoms with Crippen LogP contribution in [-0.2, 0) is 5.54 Å². The number of rotatable bonds is 3. The van der Waals surface area contributed by atoms with Crippen LogP contribution in [0, 0.1) is 18.3 Å². The fraction of sp³-hybridized carbons (Fsp3) is 0.214. The molecule has 7 nitrogen and oxygen atoms in total. The van der Waals surface area contributed by atoms with E-state index in [1.807, 2.05) is 74.6 Å². The monoisotopic (exact) mass is 460 g/mol. The van der Waals surface area contributed by atoms with Crippen molar-refractivity contribution < 1.29 is 5.11 Å². The second-order valence-corrected chi connectivity index (χ2v) is 9.88. The minimum atomic E-state index is -0.711. The Morgan fingerprint density at radius 1 is 1.03 bits per heavy atom. The van der Waals surface area contributed by atoms with E-state index in [4.69, 9.17) is 10.7 Å². The third-order valence-corrected chi connectivity index (χ3v) is 6.83. The SMILES string of the molecule is Cc1cc2ncc3cc(-c4ccc(C#N)cc4)c(-c4ccc([C@]5(N)C[C@](C)(O)C5)cc4)nc3n2n1. The minimum Gasteiger partial charge on any atom is -0.390 e. The number of nitrogens with zero attached hydrogens (tertiary/aromatic N) is 5. The summed E-state index contributed by atoms with van der Waals surface area (Å²) >= 11 is 0. The van der Waals surface area contributed by atoms with Crippen LogP contribution in [0.3, 0.4) is 0 Å². The van der Waals surface area contributed by atoms with Crippen molar-refractivity contribution in [2.45, 2.75) is 37.8 Å². The topological polar surface area (TPSA) is 113 Å². The Morgan fingerprint density at radius 3 is 2.37 bits per heavy atom. The molecular formula is C28H24N6O. The van der Waals surface area contributed by atoms with Gasteiger partial charge in [-0.15, -0.1) is 0 Å². The van der Waals surface area contributed by atoms with Gasteiger partial charge in [0.05, 0.1) is 28.6 Å². The van der Waals surface area contributed by atoms with Crippen molar-refractivity contribution in [3.8, 4) is 28.5 Å². The van der Waals surface area contributed by atoms with E-state index in [1.54, 1.807) is 4.52 Å². The van der Waals surface area contributed by atoms with E-state index in [9.17, 15) is 10.4 Å². The lowest BCUT2D eigenvalue weighted by Crippen LogP contribution is -2.58. The summed E-state index contributed by atoms with van der Waals surface area (Å²) in [7, 11) is 0. The van der Waals surface area contributed by atoms with Crippen LogP contribution in [0.4, 0.5) is 0 Å². The normalized spacial score (nSPS) is 21.7. The van der Waals surface area contributed by atoms with E-state index in [-0.39, 0.29) is 0 Å². The summed E-state index contributed by atoms with van der Waals surface area (Å²) in [6.07, 6.45) is 2.89. The molecule has 0 bridgehead atoms. The van der Waals surface area contributed by atoms with E-state index >= 15 is 0 Å². The van der Waals surface area contributed by atoms with Crippen LogP contribution in [0.2, 0.25) is 0 Å². The fourth-order valence-electron chi connectivity index (χ4n) is 5.29. The van der Waals surface area contributed by atoms with Gasteiger partial charge in [0.25, 0.3) is 0 Å². The van der Waals surface area contributed by atoms with Crippen molar-refractivity contribution in [1.29, 1.82) is 5.26 Å². The summed E-state index contributed by atoms with van der Waals surface area (Å²) in [6, 6.07) is 21.8. The molecule has 1 aliphatic rings. The summed E-state index contributed by atoms with van der Waals surface area (Å²) < 4.78 is 1.77. The van der Waals surface area contributed by atoms with Gasteiger partial charge < -0.3 is 10.8 Å². The van der Waals surface area contributed by atoms with Crippen molar-refractivity contribution in [1.82, 2.24) is 19.6 Å². The number of pyridine rings is 1. The van der Waals surface area contributed by atoms with Gasteiger partial charge in [-0.2, -0.15) is 14.9 Å². The number of aromatic nitrogens is 4. The van der Waals surface area contributed by atoms with Gasteiger partial charge >= 0.3 is 0 Å². The van der Waals surface area contributed by atoms with E-state index < -0.39 is 11.1 Å². The molecule has 0 saturated heterocycles. The molecule has 5 aromatic rings. The predicted octanol–water partition coefficient (Wildman–Crippen LogP) is 4.49. The lowest BCUT2D eigenvalue weighted by Gasteiger charge is -2.49. The molecule has 2 aromatic carbocycles.